The summed E-state index contributed by atoms with van der Waals surface area (Å²) >= 11 is 0. The first-order valence-electron chi connectivity index (χ1n) is 6.77. The Bertz CT molecular complexity index is 637. The highest BCUT2D eigenvalue weighted by molar-refractivity contribution is 5.98. The number of hydrogen-bond donors (Lipinski definition) is 1. The normalized spacial score (nSPS) is 15.3. The van der Waals surface area contributed by atoms with E-state index in [0.717, 1.165) is 22.3 Å². The van der Waals surface area contributed by atoms with Crippen LogP contribution in [0.1, 0.15) is 33.2 Å². The number of rotatable bonds is 3. The Morgan fingerprint density at radius 2 is 1.95 bits per heavy atom. The largest absolute Gasteiger partial charge is 0.387 e. The van der Waals surface area contributed by atoms with Gasteiger partial charge >= 0.3 is 0 Å². The third-order valence-electron chi connectivity index (χ3n) is 3.72. The zero-order valence-corrected chi connectivity index (χ0v) is 11.4. The van der Waals surface area contributed by atoms with Crippen LogP contribution in [0.3, 0.4) is 0 Å². The fourth-order valence-electron chi connectivity index (χ4n) is 2.65. The second-order valence-corrected chi connectivity index (χ2v) is 5.27. The van der Waals surface area contributed by atoms with Gasteiger partial charge in [-0.1, -0.05) is 48.0 Å². The zero-order valence-electron chi connectivity index (χ0n) is 11.4. The van der Waals surface area contributed by atoms with Crippen molar-refractivity contribution in [3.63, 3.8) is 0 Å². The highest BCUT2D eigenvalue weighted by atomic mass is 16.3. The van der Waals surface area contributed by atoms with Crippen LogP contribution in [0.5, 0.6) is 0 Å². The number of aliphatic hydroxyl groups is 1. The number of hydrogen-bond acceptors (Lipinski definition) is 2. The monoisotopic (exact) mass is 267 g/mol. The Hall–Kier alpha value is -2.13. The van der Waals surface area contributed by atoms with Gasteiger partial charge in [-0.05, 0) is 24.1 Å². The number of aryl methyl sites for hydroxylation is 1. The molecule has 1 amide bonds. The van der Waals surface area contributed by atoms with Crippen LogP contribution in [0.25, 0.3) is 0 Å². The van der Waals surface area contributed by atoms with E-state index in [1.807, 2.05) is 55.5 Å². The molecule has 1 N–H and O–H groups in total. The summed E-state index contributed by atoms with van der Waals surface area (Å²) in [7, 11) is 0. The average molecular weight is 267 g/mol. The van der Waals surface area contributed by atoms with Crippen molar-refractivity contribution in [1.29, 1.82) is 0 Å². The Morgan fingerprint density at radius 1 is 1.20 bits per heavy atom. The van der Waals surface area contributed by atoms with Gasteiger partial charge in [0.1, 0.15) is 0 Å². The lowest BCUT2D eigenvalue weighted by atomic mass is 10.1. The molecule has 1 aliphatic heterocycles. The maximum atomic E-state index is 12.3. The number of benzene rings is 2. The summed E-state index contributed by atoms with van der Waals surface area (Å²) in [5.74, 6) is 0.00924. The van der Waals surface area contributed by atoms with Crippen LogP contribution in [0, 0.1) is 6.92 Å². The number of aliphatic hydroxyl groups excluding tert-OH is 1. The summed E-state index contributed by atoms with van der Waals surface area (Å²) in [6.45, 7) is 2.93. The van der Waals surface area contributed by atoms with E-state index in [-0.39, 0.29) is 5.91 Å². The molecule has 0 spiro atoms. The van der Waals surface area contributed by atoms with Crippen molar-refractivity contribution in [3.8, 4) is 0 Å². The van der Waals surface area contributed by atoms with Crippen molar-refractivity contribution >= 4 is 5.91 Å². The third kappa shape index (κ3) is 2.32. The molecule has 3 rings (SSSR count). The van der Waals surface area contributed by atoms with Crippen molar-refractivity contribution in [2.75, 3.05) is 6.54 Å². The number of carbonyl (C=O) groups excluding carboxylic acids is 1. The summed E-state index contributed by atoms with van der Waals surface area (Å²) in [6.07, 6.45) is -0.643. The molecule has 1 unspecified atom stereocenters. The van der Waals surface area contributed by atoms with Gasteiger partial charge in [-0.15, -0.1) is 0 Å². The van der Waals surface area contributed by atoms with Gasteiger partial charge in [-0.2, -0.15) is 0 Å². The molecule has 1 heterocycles. The average Bonchev–Trinajstić information content (AvgIpc) is 2.75. The van der Waals surface area contributed by atoms with Crippen molar-refractivity contribution in [2.24, 2.45) is 0 Å². The molecule has 0 bridgehead atoms. The topological polar surface area (TPSA) is 40.5 Å². The fourth-order valence-corrected chi connectivity index (χ4v) is 2.65. The lowest BCUT2D eigenvalue weighted by molar-refractivity contribution is 0.0646. The van der Waals surface area contributed by atoms with Crippen LogP contribution in [0.4, 0.5) is 0 Å². The van der Waals surface area contributed by atoms with Gasteiger partial charge in [-0.25, -0.2) is 0 Å². The lowest BCUT2D eigenvalue weighted by Crippen LogP contribution is -2.28. The van der Waals surface area contributed by atoms with Crippen LogP contribution in [0.15, 0.2) is 48.5 Å². The van der Waals surface area contributed by atoms with Crippen LogP contribution < -0.4 is 0 Å². The third-order valence-corrected chi connectivity index (χ3v) is 3.72. The maximum absolute atomic E-state index is 12.3. The Labute approximate surface area is 118 Å². The van der Waals surface area contributed by atoms with E-state index in [1.54, 1.807) is 4.90 Å². The minimum atomic E-state index is -0.643. The number of nitrogens with zero attached hydrogens (tertiary/aromatic N) is 1. The molecule has 0 radical (unpaired) electrons. The molecular formula is C17H17NO2. The molecule has 3 nitrogen and oxygen atoms in total. The molecule has 0 aliphatic carbocycles. The van der Waals surface area contributed by atoms with Crippen LogP contribution in [-0.2, 0) is 6.54 Å². The second-order valence-electron chi connectivity index (χ2n) is 5.27. The van der Waals surface area contributed by atoms with E-state index in [2.05, 4.69) is 0 Å². The fraction of sp³-hybridized carbons (Fsp3) is 0.235. The number of fused-ring (bicyclic) bond motifs is 1. The molecule has 1 aliphatic rings. The summed E-state index contributed by atoms with van der Waals surface area (Å²) in [5, 5.41) is 10.2. The van der Waals surface area contributed by atoms with Crippen molar-refractivity contribution in [2.45, 2.75) is 19.6 Å². The summed E-state index contributed by atoms with van der Waals surface area (Å²) < 4.78 is 0. The van der Waals surface area contributed by atoms with Gasteiger partial charge in [0.25, 0.3) is 5.91 Å². The quantitative estimate of drug-likeness (QED) is 0.928. The molecule has 3 heteroatoms. The minimum absolute atomic E-state index is 0.00924. The first-order chi connectivity index (χ1) is 9.65. The SMILES string of the molecule is Cc1ccc2c(c1)CN(CC(O)c1ccccc1)C2=O. The molecule has 2 aromatic rings. The molecule has 0 saturated heterocycles. The van der Waals surface area contributed by atoms with E-state index in [9.17, 15) is 9.90 Å². The van der Waals surface area contributed by atoms with Gasteiger partial charge in [0.15, 0.2) is 0 Å². The van der Waals surface area contributed by atoms with Gasteiger partial charge in [-0.3, -0.25) is 4.79 Å². The van der Waals surface area contributed by atoms with E-state index in [1.165, 1.54) is 0 Å². The predicted octanol–water partition coefficient (Wildman–Crippen LogP) is 2.68. The second kappa shape index (κ2) is 5.10. The van der Waals surface area contributed by atoms with Crippen LogP contribution >= 0.6 is 0 Å². The zero-order chi connectivity index (χ0) is 14.1. The first kappa shape index (κ1) is 12.9. The standard InChI is InChI=1S/C17H17NO2/c1-12-7-8-15-14(9-12)10-18(17(15)20)11-16(19)13-5-3-2-4-6-13/h2-9,16,19H,10-11H2,1H3. The van der Waals surface area contributed by atoms with E-state index < -0.39 is 6.10 Å². The molecule has 102 valence electrons. The minimum Gasteiger partial charge on any atom is -0.387 e. The highest BCUT2D eigenvalue weighted by Crippen LogP contribution is 2.26. The Balaban J connectivity index is 1.76. The van der Waals surface area contributed by atoms with Gasteiger partial charge in [0.05, 0.1) is 12.6 Å². The summed E-state index contributed by atoms with van der Waals surface area (Å²) in [5.41, 5.74) is 3.81. The molecule has 2 aromatic carbocycles. The number of β-amino-alcohol motifs (C(OH)–C–C–N with tert-alkyl or cyclic N) is 1. The molecule has 20 heavy (non-hydrogen) atoms. The smallest absolute Gasteiger partial charge is 0.254 e. The maximum Gasteiger partial charge on any atom is 0.254 e. The molecule has 0 fully saturated rings. The van der Waals surface area contributed by atoms with Gasteiger partial charge in [0, 0.05) is 12.1 Å². The summed E-state index contributed by atoms with van der Waals surface area (Å²) in [6, 6.07) is 15.3. The van der Waals surface area contributed by atoms with Gasteiger partial charge in [0.2, 0.25) is 0 Å². The lowest BCUT2D eigenvalue weighted by Gasteiger charge is -2.20. The number of carbonyl (C=O) groups is 1. The summed E-state index contributed by atoms with van der Waals surface area (Å²) in [4.78, 5) is 14.0. The van der Waals surface area contributed by atoms with E-state index in [0.29, 0.717) is 13.1 Å². The molecule has 1 atom stereocenters. The van der Waals surface area contributed by atoms with Crippen LogP contribution in [-0.4, -0.2) is 22.5 Å². The van der Waals surface area contributed by atoms with Gasteiger partial charge < -0.3 is 10.0 Å². The van der Waals surface area contributed by atoms with Crippen molar-refractivity contribution in [3.05, 3.63) is 70.8 Å². The number of amides is 1. The van der Waals surface area contributed by atoms with E-state index >= 15 is 0 Å². The molecular weight excluding hydrogens is 250 g/mol. The molecule has 0 aromatic heterocycles. The van der Waals surface area contributed by atoms with Crippen molar-refractivity contribution < 1.29 is 9.90 Å². The first-order valence-corrected chi connectivity index (χ1v) is 6.77. The van der Waals surface area contributed by atoms with E-state index in [4.69, 9.17) is 0 Å². The predicted molar refractivity (Wildman–Crippen MR) is 77.3 cm³/mol. The Morgan fingerprint density at radius 3 is 2.70 bits per heavy atom. The Kier molecular flexibility index (Phi) is 3.28. The highest BCUT2D eigenvalue weighted by Gasteiger charge is 2.28. The molecule has 0 saturated carbocycles. The van der Waals surface area contributed by atoms with Crippen molar-refractivity contribution in [1.82, 2.24) is 4.90 Å². The van der Waals surface area contributed by atoms with Crippen LogP contribution in [0.2, 0.25) is 0 Å².